The monoisotopic (exact) mass is 446 g/mol. The minimum Gasteiger partial charge on any atom is -0.469 e. The number of likely N-dealkylation sites (tertiary alicyclic amines) is 1. The van der Waals surface area contributed by atoms with E-state index in [9.17, 15) is 9.59 Å². The number of nitrogens with zero attached hydrogens (tertiary/aromatic N) is 3. The number of carbonyl (C=O) groups is 2. The van der Waals surface area contributed by atoms with Crippen molar-refractivity contribution in [1.29, 1.82) is 0 Å². The Labute approximate surface area is 194 Å². The predicted molar refractivity (Wildman–Crippen MR) is 128 cm³/mol. The van der Waals surface area contributed by atoms with Gasteiger partial charge in [0.1, 0.15) is 0 Å². The summed E-state index contributed by atoms with van der Waals surface area (Å²) in [5, 5.41) is 8.16. The smallest absolute Gasteiger partial charge is 0.305 e. The van der Waals surface area contributed by atoms with E-state index in [4.69, 9.17) is 4.74 Å². The molecular weight excluding hydrogens is 416 g/mol. The summed E-state index contributed by atoms with van der Waals surface area (Å²) in [6.45, 7) is 5.37. The molecule has 1 fully saturated rings. The van der Waals surface area contributed by atoms with E-state index < -0.39 is 0 Å². The zero-order chi connectivity index (χ0) is 23.4. The number of aromatic nitrogens is 2. The van der Waals surface area contributed by atoms with Crippen LogP contribution in [0.15, 0.2) is 54.6 Å². The van der Waals surface area contributed by atoms with Gasteiger partial charge in [-0.25, -0.2) is 4.68 Å². The first-order valence-electron chi connectivity index (χ1n) is 11.3. The molecule has 1 N–H and O–H groups in total. The molecule has 0 radical (unpaired) electrons. The van der Waals surface area contributed by atoms with Crippen molar-refractivity contribution >= 4 is 17.6 Å². The fourth-order valence-corrected chi connectivity index (χ4v) is 4.38. The maximum atomic E-state index is 13.0. The highest BCUT2D eigenvalue weighted by Crippen LogP contribution is 2.22. The Balaban J connectivity index is 1.41. The largest absolute Gasteiger partial charge is 0.469 e. The van der Waals surface area contributed by atoms with Crippen molar-refractivity contribution in [2.45, 2.75) is 39.2 Å². The summed E-state index contributed by atoms with van der Waals surface area (Å²) < 4.78 is 6.62. The number of amides is 1. The van der Waals surface area contributed by atoms with Crippen molar-refractivity contribution in [2.75, 3.05) is 25.5 Å². The molecule has 0 bridgehead atoms. The number of ether oxygens (including phenoxy) is 1. The van der Waals surface area contributed by atoms with Crippen LogP contribution in [0.5, 0.6) is 0 Å². The summed E-state index contributed by atoms with van der Waals surface area (Å²) in [4.78, 5) is 26.5. The Kier molecular flexibility index (Phi) is 6.77. The van der Waals surface area contributed by atoms with Crippen molar-refractivity contribution < 1.29 is 14.3 Å². The van der Waals surface area contributed by atoms with Crippen molar-refractivity contribution in [3.05, 3.63) is 77.1 Å². The third-order valence-electron chi connectivity index (χ3n) is 6.23. The molecule has 1 aromatic heterocycles. The highest BCUT2D eigenvalue weighted by molar-refractivity contribution is 5.94. The second-order valence-electron chi connectivity index (χ2n) is 8.43. The van der Waals surface area contributed by atoms with Gasteiger partial charge in [-0.2, -0.15) is 5.10 Å². The van der Waals surface area contributed by atoms with E-state index in [0.29, 0.717) is 24.9 Å². The third kappa shape index (κ3) is 5.08. The van der Waals surface area contributed by atoms with Gasteiger partial charge in [0.05, 0.1) is 18.5 Å². The van der Waals surface area contributed by atoms with Crippen LogP contribution in [0.25, 0.3) is 5.69 Å². The van der Waals surface area contributed by atoms with Gasteiger partial charge >= 0.3 is 5.97 Å². The number of aryl methyl sites for hydroxylation is 1. The first-order valence-corrected chi connectivity index (χ1v) is 11.3. The number of hydrogen-bond acceptors (Lipinski definition) is 5. The van der Waals surface area contributed by atoms with Gasteiger partial charge in [-0.1, -0.05) is 18.2 Å². The molecule has 1 atom stereocenters. The molecule has 1 saturated heterocycles. The van der Waals surface area contributed by atoms with Crippen LogP contribution in [0.3, 0.4) is 0 Å². The highest BCUT2D eigenvalue weighted by atomic mass is 16.5. The van der Waals surface area contributed by atoms with E-state index in [2.05, 4.69) is 10.4 Å². The lowest BCUT2D eigenvalue weighted by Crippen LogP contribution is -2.31. The number of methoxy groups -OCH3 is 1. The molecule has 2 heterocycles. The van der Waals surface area contributed by atoms with Gasteiger partial charge in [-0.05, 0) is 68.7 Å². The summed E-state index contributed by atoms with van der Waals surface area (Å²) in [6, 6.07) is 17.9. The lowest BCUT2D eigenvalue weighted by atomic mass is 10.1. The average molecular weight is 447 g/mol. The van der Waals surface area contributed by atoms with Crippen molar-refractivity contribution in [2.24, 2.45) is 0 Å². The molecular formula is C26H30N4O3. The first-order chi connectivity index (χ1) is 16.0. The van der Waals surface area contributed by atoms with Crippen LogP contribution < -0.4 is 5.32 Å². The van der Waals surface area contributed by atoms with Gasteiger partial charge in [0.25, 0.3) is 5.91 Å². The zero-order valence-corrected chi connectivity index (χ0v) is 19.4. The molecule has 0 spiro atoms. The maximum absolute atomic E-state index is 13.0. The highest BCUT2D eigenvalue weighted by Gasteiger charge is 2.27. The molecule has 4 rings (SSSR count). The van der Waals surface area contributed by atoms with E-state index >= 15 is 0 Å². The fourth-order valence-electron chi connectivity index (χ4n) is 4.38. The SMILES string of the molecule is COC(=O)CCc1c(C)nn(-c2ccc(C(=O)N3CCC(Nc4ccccc4)C3)cc2)c1C. The molecule has 33 heavy (non-hydrogen) atoms. The molecule has 0 aliphatic carbocycles. The number of esters is 1. The second-order valence-corrected chi connectivity index (χ2v) is 8.43. The van der Waals surface area contributed by atoms with Crippen molar-refractivity contribution in [3.63, 3.8) is 0 Å². The quantitative estimate of drug-likeness (QED) is 0.557. The van der Waals surface area contributed by atoms with Crippen LogP contribution in [-0.2, 0) is 16.0 Å². The lowest BCUT2D eigenvalue weighted by molar-refractivity contribution is -0.140. The van der Waals surface area contributed by atoms with Crippen LogP contribution in [0, 0.1) is 13.8 Å². The van der Waals surface area contributed by atoms with Gasteiger partial charge in [0, 0.05) is 42.5 Å². The zero-order valence-electron chi connectivity index (χ0n) is 19.4. The van der Waals surface area contributed by atoms with Crippen LogP contribution in [0.2, 0.25) is 0 Å². The molecule has 1 aliphatic heterocycles. The molecule has 2 aromatic carbocycles. The molecule has 1 aliphatic rings. The summed E-state index contributed by atoms with van der Waals surface area (Å²) in [7, 11) is 1.40. The van der Waals surface area contributed by atoms with Crippen LogP contribution in [-0.4, -0.2) is 52.8 Å². The number of hydrogen-bond donors (Lipinski definition) is 1. The molecule has 0 saturated carbocycles. The Bertz CT molecular complexity index is 1120. The summed E-state index contributed by atoms with van der Waals surface area (Å²) in [5.41, 5.74) is 5.58. The van der Waals surface area contributed by atoms with Crippen molar-refractivity contribution in [1.82, 2.24) is 14.7 Å². The van der Waals surface area contributed by atoms with Gasteiger partial charge < -0.3 is 15.0 Å². The number of rotatable bonds is 7. The standard InChI is InChI=1S/C26H30N4O3/c1-18-24(13-14-25(31)33-3)19(2)30(28-18)23-11-9-20(10-12-23)26(32)29-16-15-22(17-29)27-21-7-5-4-6-8-21/h4-12,22,27H,13-17H2,1-3H3. The minimum absolute atomic E-state index is 0.0473. The Morgan fingerprint density at radius 2 is 1.82 bits per heavy atom. The predicted octanol–water partition coefficient (Wildman–Crippen LogP) is 3.92. The minimum atomic E-state index is -0.229. The number of carbonyl (C=O) groups excluding carboxylic acids is 2. The number of anilines is 1. The molecule has 1 unspecified atom stereocenters. The lowest BCUT2D eigenvalue weighted by Gasteiger charge is -2.18. The molecule has 7 heteroatoms. The van der Waals surface area contributed by atoms with E-state index in [1.165, 1.54) is 7.11 Å². The molecule has 172 valence electrons. The maximum Gasteiger partial charge on any atom is 0.305 e. The van der Waals surface area contributed by atoms with E-state index in [-0.39, 0.29) is 17.9 Å². The van der Waals surface area contributed by atoms with E-state index in [1.54, 1.807) is 0 Å². The average Bonchev–Trinajstić information content (AvgIpc) is 3.41. The van der Waals surface area contributed by atoms with E-state index in [1.807, 2.05) is 78.0 Å². The van der Waals surface area contributed by atoms with Gasteiger partial charge in [0.2, 0.25) is 0 Å². The Hall–Kier alpha value is -3.61. The number of benzene rings is 2. The summed E-state index contributed by atoms with van der Waals surface area (Å²) in [6.07, 6.45) is 1.85. The van der Waals surface area contributed by atoms with Crippen LogP contribution in [0.4, 0.5) is 5.69 Å². The normalized spacial score (nSPS) is 15.5. The Morgan fingerprint density at radius 1 is 1.09 bits per heavy atom. The topological polar surface area (TPSA) is 76.5 Å². The van der Waals surface area contributed by atoms with Crippen LogP contribution >= 0.6 is 0 Å². The van der Waals surface area contributed by atoms with Crippen LogP contribution in [0.1, 0.15) is 40.2 Å². The third-order valence-corrected chi connectivity index (χ3v) is 6.23. The fraction of sp³-hybridized carbons (Fsp3) is 0.346. The molecule has 3 aromatic rings. The number of nitrogens with one attached hydrogen (secondary N) is 1. The van der Waals surface area contributed by atoms with Gasteiger partial charge in [-0.3, -0.25) is 9.59 Å². The number of para-hydroxylation sites is 1. The molecule has 1 amide bonds. The molecule has 7 nitrogen and oxygen atoms in total. The van der Waals surface area contributed by atoms with Gasteiger partial charge in [-0.15, -0.1) is 0 Å². The first kappa shape index (κ1) is 22.6. The van der Waals surface area contributed by atoms with Crippen molar-refractivity contribution in [3.8, 4) is 5.69 Å². The summed E-state index contributed by atoms with van der Waals surface area (Å²) in [5.74, 6) is -0.182. The summed E-state index contributed by atoms with van der Waals surface area (Å²) >= 11 is 0. The van der Waals surface area contributed by atoms with Gasteiger partial charge in [0.15, 0.2) is 0 Å². The Morgan fingerprint density at radius 3 is 2.52 bits per heavy atom. The van der Waals surface area contributed by atoms with E-state index in [0.717, 1.165) is 41.3 Å². The second kappa shape index (κ2) is 9.90.